The van der Waals surface area contributed by atoms with Crippen LogP contribution in [-0.2, 0) is 0 Å². The van der Waals surface area contributed by atoms with Crippen molar-refractivity contribution in [3.05, 3.63) is 48.2 Å². The predicted molar refractivity (Wildman–Crippen MR) is 88.0 cm³/mol. The quantitative estimate of drug-likeness (QED) is 0.741. The lowest BCUT2D eigenvalue weighted by Gasteiger charge is -2.26. The Kier molecular flexibility index (Phi) is 4.74. The molecule has 0 amide bonds. The number of carbonyl (C=O) groups excluding carboxylic acids is 1. The van der Waals surface area contributed by atoms with Crippen LogP contribution >= 0.6 is 0 Å². The summed E-state index contributed by atoms with van der Waals surface area (Å²) in [6.07, 6.45) is 6.07. The van der Waals surface area contributed by atoms with Gasteiger partial charge in [-0.05, 0) is 44.5 Å². The van der Waals surface area contributed by atoms with Gasteiger partial charge in [0.15, 0.2) is 5.78 Å². The standard InChI is InChI=1S/C19H23NO2/c1-2-6-17(20-12-3-4-13-20)19(21)16-10-8-15(9-11-16)18-7-5-14-22-18/h5,7-11,14,17H,2-4,6,12-13H2,1H3. The Balaban J connectivity index is 1.77. The molecule has 22 heavy (non-hydrogen) atoms. The van der Waals surface area contributed by atoms with Gasteiger partial charge in [-0.25, -0.2) is 0 Å². The Morgan fingerprint density at radius 2 is 1.91 bits per heavy atom. The van der Waals surface area contributed by atoms with Gasteiger partial charge in [-0.2, -0.15) is 0 Å². The number of furan rings is 1. The molecule has 0 spiro atoms. The maximum absolute atomic E-state index is 12.9. The zero-order chi connectivity index (χ0) is 15.4. The van der Waals surface area contributed by atoms with Gasteiger partial charge >= 0.3 is 0 Å². The number of rotatable bonds is 6. The third-order valence-corrected chi connectivity index (χ3v) is 4.42. The second-order valence-corrected chi connectivity index (χ2v) is 5.97. The van der Waals surface area contributed by atoms with Gasteiger partial charge in [0.05, 0.1) is 12.3 Å². The van der Waals surface area contributed by atoms with E-state index in [-0.39, 0.29) is 11.8 Å². The van der Waals surface area contributed by atoms with Crippen molar-refractivity contribution in [1.82, 2.24) is 4.90 Å². The van der Waals surface area contributed by atoms with Crippen LogP contribution in [0.25, 0.3) is 11.3 Å². The summed E-state index contributed by atoms with van der Waals surface area (Å²) in [5, 5.41) is 0. The first-order valence-corrected chi connectivity index (χ1v) is 8.22. The normalized spacial score (nSPS) is 16.8. The first kappa shape index (κ1) is 15.0. The Labute approximate surface area is 131 Å². The number of Topliss-reactive ketones (excluding diaryl/α,β-unsaturated/α-hetero) is 1. The van der Waals surface area contributed by atoms with Crippen molar-refractivity contribution in [2.75, 3.05) is 13.1 Å². The predicted octanol–water partition coefficient (Wildman–Crippen LogP) is 4.39. The van der Waals surface area contributed by atoms with Gasteiger partial charge in [-0.15, -0.1) is 0 Å². The number of hydrogen-bond acceptors (Lipinski definition) is 3. The minimum absolute atomic E-state index is 0.0435. The van der Waals surface area contributed by atoms with Crippen molar-refractivity contribution in [3.63, 3.8) is 0 Å². The number of carbonyl (C=O) groups is 1. The van der Waals surface area contributed by atoms with Crippen molar-refractivity contribution in [1.29, 1.82) is 0 Å². The molecule has 1 fully saturated rings. The highest BCUT2D eigenvalue weighted by Gasteiger charge is 2.27. The largest absolute Gasteiger partial charge is 0.464 e. The second kappa shape index (κ2) is 6.93. The molecule has 3 nitrogen and oxygen atoms in total. The summed E-state index contributed by atoms with van der Waals surface area (Å²) in [6.45, 7) is 4.26. The molecule has 1 aliphatic heterocycles. The van der Waals surface area contributed by atoms with Crippen molar-refractivity contribution in [3.8, 4) is 11.3 Å². The highest BCUT2D eigenvalue weighted by molar-refractivity contribution is 6.00. The van der Waals surface area contributed by atoms with Crippen molar-refractivity contribution in [2.45, 2.75) is 38.6 Å². The van der Waals surface area contributed by atoms with E-state index in [2.05, 4.69) is 11.8 Å². The molecule has 1 aromatic carbocycles. The Hall–Kier alpha value is -1.87. The second-order valence-electron chi connectivity index (χ2n) is 5.97. The molecular formula is C19H23NO2. The van der Waals surface area contributed by atoms with E-state index in [1.54, 1.807) is 6.26 Å². The lowest BCUT2D eigenvalue weighted by Crippen LogP contribution is -2.39. The summed E-state index contributed by atoms with van der Waals surface area (Å²) >= 11 is 0. The smallest absolute Gasteiger partial charge is 0.179 e. The maximum atomic E-state index is 12.9. The van der Waals surface area contributed by atoms with E-state index in [1.807, 2.05) is 36.4 Å². The van der Waals surface area contributed by atoms with E-state index in [0.29, 0.717) is 0 Å². The minimum atomic E-state index is 0.0435. The molecule has 1 aromatic heterocycles. The highest BCUT2D eigenvalue weighted by atomic mass is 16.3. The van der Waals surface area contributed by atoms with Gasteiger partial charge in [-0.1, -0.05) is 37.6 Å². The highest BCUT2D eigenvalue weighted by Crippen LogP contribution is 2.23. The summed E-state index contributed by atoms with van der Waals surface area (Å²) < 4.78 is 5.39. The minimum Gasteiger partial charge on any atom is -0.464 e. The number of benzene rings is 1. The topological polar surface area (TPSA) is 33.5 Å². The lowest BCUT2D eigenvalue weighted by molar-refractivity contribution is 0.0837. The fourth-order valence-electron chi connectivity index (χ4n) is 3.24. The number of nitrogens with zero attached hydrogens (tertiary/aromatic N) is 1. The average molecular weight is 297 g/mol. The Bertz CT molecular complexity index is 595. The molecule has 0 saturated carbocycles. The molecule has 0 radical (unpaired) electrons. The Morgan fingerprint density at radius 1 is 1.18 bits per heavy atom. The van der Waals surface area contributed by atoms with Crippen LogP contribution in [0.2, 0.25) is 0 Å². The van der Waals surface area contributed by atoms with E-state index in [4.69, 9.17) is 4.42 Å². The number of hydrogen-bond donors (Lipinski definition) is 0. The molecule has 3 rings (SSSR count). The summed E-state index contributed by atoms with van der Waals surface area (Å²) in [7, 11) is 0. The van der Waals surface area contributed by atoms with Gasteiger partial charge in [-0.3, -0.25) is 9.69 Å². The molecule has 1 saturated heterocycles. The van der Waals surface area contributed by atoms with Crippen LogP contribution in [0.15, 0.2) is 47.1 Å². The summed E-state index contributed by atoms with van der Waals surface area (Å²) in [6, 6.07) is 11.7. The molecule has 1 atom stereocenters. The molecule has 1 aliphatic rings. The molecule has 116 valence electrons. The molecule has 1 unspecified atom stereocenters. The van der Waals surface area contributed by atoms with Crippen LogP contribution in [-0.4, -0.2) is 29.8 Å². The third kappa shape index (κ3) is 3.14. The van der Waals surface area contributed by atoms with Crippen LogP contribution in [0.3, 0.4) is 0 Å². The van der Waals surface area contributed by atoms with Crippen LogP contribution in [0.4, 0.5) is 0 Å². The van der Waals surface area contributed by atoms with Gasteiger partial charge in [0.1, 0.15) is 5.76 Å². The molecule has 0 bridgehead atoms. The molecule has 2 aromatic rings. The van der Waals surface area contributed by atoms with E-state index in [9.17, 15) is 4.79 Å². The van der Waals surface area contributed by atoms with Crippen LogP contribution in [0.1, 0.15) is 43.0 Å². The molecule has 0 N–H and O–H groups in total. The summed E-state index contributed by atoms with van der Waals surface area (Å²) in [4.78, 5) is 15.2. The first-order valence-electron chi connectivity index (χ1n) is 8.22. The van der Waals surface area contributed by atoms with Gasteiger partial charge < -0.3 is 4.42 Å². The fourth-order valence-corrected chi connectivity index (χ4v) is 3.24. The van der Waals surface area contributed by atoms with Crippen molar-refractivity contribution >= 4 is 5.78 Å². The molecular weight excluding hydrogens is 274 g/mol. The fraction of sp³-hybridized carbons (Fsp3) is 0.421. The van der Waals surface area contributed by atoms with Crippen LogP contribution < -0.4 is 0 Å². The zero-order valence-corrected chi connectivity index (χ0v) is 13.1. The van der Waals surface area contributed by atoms with E-state index in [0.717, 1.165) is 42.8 Å². The van der Waals surface area contributed by atoms with Gasteiger partial charge in [0.25, 0.3) is 0 Å². The van der Waals surface area contributed by atoms with Crippen molar-refractivity contribution in [2.24, 2.45) is 0 Å². The first-order chi connectivity index (χ1) is 10.8. The molecule has 0 aliphatic carbocycles. The average Bonchev–Trinajstić information content (AvgIpc) is 3.25. The summed E-state index contributed by atoms with van der Waals surface area (Å²) in [5.41, 5.74) is 1.82. The van der Waals surface area contributed by atoms with Gasteiger partial charge in [0, 0.05) is 11.1 Å². The molecule has 3 heteroatoms. The molecule has 2 heterocycles. The van der Waals surface area contributed by atoms with Crippen LogP contribution in [0, 0.1) is 0 Å². The zero-order valence-electron chi connectivity index (χ0n) is 13.1. The monoisotopic (exact) mass is 297 g/mol. The maximum Gasteiger partial charge on any atom is 0.179 e. The Morgan fingerprint density at radius 3 is 2.50 bits per heavy atom. The van der Waals surface area contributed by atoms with Crippen molar-refractivity contribution < 1.29 is 9.21 Å². The number of ketones is 1. The lowest BCUT2D eigenvalue weighted by atomic mass is 9.98. The van der Waals surface area contributed by atoms with E-state index < -0.39 is 0 Å². The summed E-state index contributed by atoms with van der Waals surface area (Å²) in [5.74, 6) is 1.10. The van der Waals surface area contributed by atoms with E-state index >= 15 is 0 Å². The third-order valence-electron chi connectivity index (χ3n) is 4.42. The SMILES string of the molecule is CCCC(C(=O)c1ccc(-c2ccco2)cc1)N1CCCC1. The number of likely N-dealkylation sites (tertiary alicyclic amines) is 1. The van der Waals surface area contributed by atoms with Gasteiger partial charge in [0.2, 0.25) is 0 Å². The van der Waals surface area contributed by atoms with E-state index in [1.165, 1.54) is 12.8 Å². The van der Waals surface area contributed by atoms with Crippen LogP contribution in [0.5, 0.6) is 0 Å².